The van der Waals surface area contributed by atoms with Crippen molar-refractivity contribution in [3.05, 3.63) is 52.9 Å². The van der Waals surface area contributed by atoms with Gasteiger partial charge in [0.05, 0.1) is 17.8 Å². The average molecular weight is 320 g/mol. The second-order valence-corrected chi connectivity index (χ2v) is 5.48. The Morgan fingerprint density at radius 1 is 1.16 bits per heavy atom. The summed E-state index contributed by atoms with van der Waals surface area (Å²) in [5.41, 5.74) is 0.327. The van der Waals surface area contributed by atoms with Crippen molar-refractivity contribution in [1.82, 2.24) is 9.97 Å². The van der Waals surface area contributed by atoms with E-state index in [2.05, 4.69) is 31.2 Å². The number of amides is 1. The Bertz CT molecular complexity index is 567. The number of carbonyl (C=O) groups is 1. The van der Waals surface area contributed by atoms with Crippen LogP contribution in [0.25, 0.3) is 0 Å². The number of aromatic nitrogens is 2. The number of carbonyl (C=O) groups excluding carboxylic acids is 1. The number of anilines is 1. The monoisotopic (exact) mass is 319 g/mol. The Morgan fingerprint density at radius 3 is 2.42 bits per heavy atom. The van der Waals surface area contributed by atoms with Gasteiger partial charge in [0.2, 0.25) is 5.91 Å². The average Bonchev–Trinajstić information content (AvgIpc) is 2.42. The molecular weight excluding hydrogens is 306 g/mol. The fourth-order valence-corrected chi connectivity index (χ4v) is 1.84. The molecule has 1 N–H and O–H groups in total. The fourth-order valence-electron chi connectivity index (χ4n) is 1.64. The molecule has 1 heterocycles. The molecule has 0 fully saturated rings. The SMILES string of the molecule is CC(C)(C(=O)Nc1cnc(Br)cn1)c1ccccc1. The van der Waals surface area contributed by atoms with Crippen LogP contribution in [-0.4, -0.2) is 15.9 Å². The van der Waals surface area contributed by atoms with Crippen LogP contribution in [0.4, 0.5) is 5.82 Å². The highest BCUT2D eigenvalue weighted by Gasteiger charge is 2.29. The molecule has 19 heavy (non-hydrogen) atoms. The summed E-state index contributed by atoms with van der Waals surface area (Å²) in [5.74, 6) is 0.326. The van der Waals surface area contributed by atoms with Crippen LogP contribution in [0.2, 0.25) is 0 Å². The van der Waals surface area contributed by atoms with Crippen molar-refractivity contribution in [3.63, 3.8) is 0 Å². The summed E-state index contributed by atoms with van der Waals surface area (Å²) in [6, 6.07) is 9.64. The van der Waals surface area contributed by atoms with E-state index in [1.165, 1.54) is 6.20 Å². The van der Waals surface area contributed by atoms with Crippen LogP contribution in [0.15, 0.2) is 47.3 Å². The molecule has 0 aliphatic carbocycles. The molecule has 2 rings (SSSR count). The lowest BCUT2D eigenvalue weighted by Crippen LogP contribution is -2.35. The Kier molecular flexibility index (Phi) is 3.95. The summed E-state index contributed by atoms with van der Waals surface area (Å²) in [4.78, 5) is 20.4. The Balaban J connectivity index is 2.17. The van der Waals surface area contributed by atoms with E-state index in [1.807, 2.05) is 44.2 Å². The Morgan fingerprint density at radius 2 is 1.84 bits per heavy atom. The lowest BCUT2D eigenvalue weighted by atomic mass is 9.84. The maximum Gasteiger partial charge on any atom is 0.235 e. The van der Waals surface area contributed by atoms with Gasteiger partial charge in [0, 0.05) is 0 Å². The number of nitrogens with one attached hydrogen (secondary N) is 1. The molecule has 0 bridgehead atoms. The summed E-state index contributed by atoms with van der Waals surface area (Å²) in [6.07, 6.45) is 3.06. The molecule has 0 saturated carbocycles. The maximum atomic E-state index is 12.3. The first kappa shape index (κ1) is 13.7. The minimum absolute atomic E-state index is 0.115. The summed E-state index contributed by atoms with van der Waals surface area (Å²) in [6.45, 7) is 3.76. The molecule has 0 unspecified atom stereocenters. The second kappa shape index (κ2) is 5.48. The highest BCUT2D eigenvalue weighted by molar-refractivity contribution is 9.10. The van der Waals surface area contributed by atoms with Crippen molar-refractivity contribution in [2.75, 3.05) is 5.32 Å². The van der Waals surface area contributed by atoms with Gasteiger partial charge in [0.15, 0.2) is 5.82 Å². The fraction of sp³-hybridized carbons (Fsp3) is 0.214. The van der Waals surface area contributed by atoms with Crippen LogP contribution in [0.3, 0.4) is 0 Å². The number of nitrogens with zero attached hydrogens (tertiary/aromatic N) is 2. The molecule has 2 aromatic rings. The minimum atomic E-state index is -0.629. The first-order valence-corrected chi connectivity index (χ1v) is 6.64. The standard InChI is InChI=1S/C14H14BrN3O/c1-14(2,10-6-4-3-5-7-10)13(19)18-12-9-16-11(15)8-17-12/h3-9H,1-2H3,(H,17,18,19). The van der Waals surface area contributed by atoms with Gasteiger partial charge in [0.25, 0.3) is 0 Å². The van der Waals surface area contributed by atoms with E-state index in [1.54, 1.807) is 6.20 Å². The van der Waals surface area contributed by atoms with Crippen LogP contribution in [-0.2, 0) is 10.2 Å². The summed E-state index contributed by atoms with van der Waals surface area (Å²) >= 11 is 3.20. The molecule has 98 valence electrons. The van der Waals surface area contributed by atoms with Crippen molar-refractivity contribution in [3.8, 4) is 0 Å². The molecular formula is C14H14BrN3O. The van der Waals surface area contributed by atoms with Gasteiger partial charge in [-0.2, -0.15) is 0 Å². The number of rotatable bonds is 3. The molecule has 1 aromatic carbocycles. The van der Waals surface area contributed by atoms with Gasteiger partial charge in [-0.3, -0.25) is 4.79 Å². The smallest absolute Gasteiger partial charge is 0.235 e. The van der Waals surface area contributed by atoms with E-state index in [9.17, 15) is 4.79 Å². The molecule has 5 heteroatoms. The molecule has 0 aliphatic heterocycles. The molecule has 1 amide bonds. The van der Waals surface area contributed by atoms with Gasteiger partial charge >= 0.3 is 0 Å². The largest absolute Gasteiger partial charge is 0.309 e. The molecule has 0 radical (unpaired) electrons. The van der Waals surface area contributed by atoms with Gasteiger partial charge < -0.3 is 5.32 Å². The third-order valence-electron chi connectivity index (χ3n) is 2.93. The van der Waals surface area contributed by atoms with E-state index >= 15 is 0 Å². The molecule has 0 spiro atoms. The minimum Gasteiger partial charge on any atom is -0.309 e. The molecule has 4 nitrogen and oxygen atoms in total. The first-order chi connectivity index (χ1) is 9.00. The zero-order chi connectivity index (χ0) is 13.9. The Hall–Kier alpha value is -1.75. The quantitative estimate of drug-likeness (QED) is 0.945. The van der Waals surface area contributed by atoms with E-state index in [-0.39, 0.29) is 5.91 Å². The highest BCUT2D eigenvalue weighted by atomic mass is 79.9. The van der Waals surface area contributed by atoms with Crippen LogP contribution in [0.5, 0.6) is 0 Å². The molecule has 0 atom stereocenters. The topological polar surface area (TPSA) is 54.9 Å². The van der Waals surface area contributed by atoms with Gasteiger partial charge in [-0.05, 0) is 35.3 Å². The zero-order valence-electron chi connectivity index (χ0n) is 10.7. The number of hydrogen-bond donors (Lipinski definition) is 1. The van der Waals surface area contributed by atoms with E-state index in [0.29, 0.717) is 10.4 Å². The van der Waals surface area contributed by atoms with Crippen molar-refractivity contribution in [1.29, 1.82) is 0 Å². The second-order valence-electron chi connectivity index (χ2n) is 4.67. The van der Waals surface area contributed by atoms with E-state index < -0.39 is 5.41 Å². The maximum absolute atomic E-state index is 12.3. The molecule has 0 saturated heterocycles. The van der Waals surface area contributed by atoms with Gasteiger partial charge in [-0.1, -0.05) is 30.3 Å². The van der Waals surface area contributed by atoms with Crippen LogP contribution >= 0.6 is 15.9 Å². The van der Waals surface area contributed by atoms with E-state index in [4.69, 9.17) is 0 Å². The number of benzene rings is 1. The van der Waals surface area contributed by atoms with Crippen molar-refractivity contribution in [2.45, 2.75) is 19.3 Å². The van der Waals surface area contributed by atoms with Crippen LogP contribution < -0.4 is 5.32 Å². The molecule has 0 aliphatic rings. The van der Waals surface area contributed by atoms with Gasteiger partial charge in [-0.25, -0.2) is 9.97 Å². The van der Waals surface area contributed by atoms with Crippen molar-refractivity contribution in [2.24, 2.45) is 0 Å². The van der Waals surface area contributed by atoms with Crippen molar-refractivity contribution >= 4 is 27.7 Å². The summed E-state index contributed by atoms with van der Waals surface area (Å²) in [7, 11) is 0. The van der Waals surface area contributed by atoms with Crippen molar-refractivity contribution < 1.29 is 4.79 Å². The summed E-state index contributed by atoms with van der Waals surface area (Å²) < 4.78 is 0.632. The predicted molar refractivity (Wildman–Crippen MR) is 77.8 cm³/mol. The number of halogens is 1. The third kappa shape index (κ3) is 3.17. The van der Waals surface area contributed by atoms with Crippen LogP contribution in [0.1, 0.15) is 19.4 Å². The lowest BCUT2D eigenvalue weighted by molar-refractivity contribution is -0.120. The van der Waals surface area contributed by atoms with Gasteiger partial charge in [0.1, 0.15) is 4.60 Å². The zero-order valence-corrected chi connectivity index (χ0v) is 12.3. The van der Waals surface area contributed by atoms with Crippen LogP contribution in [0, 0.1) is 0 Å². The normalized spacial score (nSPS) is 11.1. The lowest BCUT2D eigenvalue weighted by Gasteiger charge is -2.23. The highest BCUT2D eigenvalue weighted by Crippen LogP contribution is 2.24. The van der Waals surface area contributed by atoms with E-state index in [0.717, 1.165) is 5.56 Å². The third-order valence-corrected chi connectivity index (χ3v) is 3.33. The Labute approximate surface area is 120 Å². The first-order valence-electron chi connectivity index (χ1n) is 5.84. The predicted octanol–water partition coefficient (Wildman–Crippen LogP) is 3.16. The number of hydrogen-bond acceptors (Lipinski definition) is 3. The molecule has 1 aromatic heterocycles. The van der Waals surface area contributed by atoms with Gasteiger partial charge in [-0.15, -0.1) is 0 Å². The summed E-state index contributed by atoms with van der Waals surface area (Å²) in [5, 5.41) is 2.77.